The standard InChI is InChI=1S/C17H15N5O2/c1-24-14-4-2-13(3-5-14)15-10-16(23)21-17(20-15)22-19-11-12-6-8-18-9-7-12/h2-11H,1H3,(H2,20,21,22,23)/b19-11-. The van der Waals surface area contributed by atoms with Crippen molar-refractivity contribution >= 4 is 12.2 Å². The highest BCUT2D eigenvalue weighted by atomic mass is 16.5. The van der Waals surface area contributed by atoms with Gasteiger partial charge in [0.05, 0.1) is 19.0 Å². The monoisotopic (exact) mass is 321 g/mol. The smallest absolute Gasteiger partial charge is 0.252 e. The fourth-order valence-corrected chi connectivity index (χ4v) is 2.04. The van der Waals surface area contributed by atoms with Gasteiger partial charge < -0.3 is 4.74 Å². The molecule has 0 aliphatic rings. The average molecular weight is 321 g/mol. The Morgan fingerprint density at radius 2 is 1.92 bits per heavy atom. The molecule has 0 radical (unpaired) electrons. The number of hydrogen-bond acceptors (Lipinski definition) is 6. The fourth-order valence-electron chi connectivity index (χ4n) is 2.04. The van der Waals surface area contributed by atoms with E-state index >= 15 is 0 Å². The van der Waals surface area contributed by atoms with Crippen molar-refractivity contribution in [3.05, 3.63) is 70.8 Å². The summed E-state index contributed by atoms with van der Waals surface area (Å²) in [5.74, 6) is 1.00. The molecule has 120 valence electrons. The number of ether oxygens (including phenoxy) is 1. The molecule has 0 saturated heterocycles. The Morgan fingerprint density at radius 1 is 1.17 bits per heavy atom. The van der Waals surface area contributed by atoms with E-state index in [1.807, 2.05) is 36.4 Å². The first-order valence-electron chi connectivity index (χ1n) is 7.19. The van der Waals surface area contributed by atoms with Gasteiger partial charge in [-0.05, 0) is 42.0 Å². The number of pyridine rings is 1. The summed E-state index contributed by atoms with van der Waals surface area (Å²) >= 11 is 0. The van der Waals surface area contributed by atoms with E-state index in [2.05, 4.69) is 25.5 Å². The number of hydrogen-bond donors (Lipinski definition) is 2. The molecule has 0 saturated carbocycles. The second-order valence-corrected chi connectivity index (χ2v) is 4.86. The highest BCUT2D eigenvalue weighted by molar-refractivity contribution is 5.79. The zero-order valence-corrected chi connectivity index (χ0v) is 12.9. The van der Waals surface area contributed by atoms with Crippen molar-refractivity contribution in [1.82, 2.24) is 15.0 Å². The number of hydrazone groups is 1. The number of H-pyrrole nitrogens is 1. The van der Waals surface area contributed by atoms with Crippen molar-refractivity contribution < 1.29 is 4.74 Å². The van der Waals surface area contributed by atoms with Crippen LogP contribution in [-0.4, -0.2) is 28.3 Å². The van der Waals surface area contributed by atoms with Crippen LogP contribution >= 0.6 is 0 Å². The van der Waals surface area contributed by atoms with E-state index in [9.17, 15) is 4.79 Å². The third-order valence-corrected chi connectivity index (χ3v) is 3.22. The Labute approximate surface area is 138 Å². The van der Waals surface area contributed by atoms with Gasteiger partial charge in [-0.15, -0.1) is 0 Å². The molecule has 3 rings (SSSR count). The van der Waals surface area contributed by atoms with E-state index in [4.69, 9.17) is 4.74 Å². The van der Waals surface area contributed by atoms with Crippen molar-refractivity contribution in [3.63, 3.8) is 0 Å². The van der Waals surface area contributed by atoms with Crippen LogP contribution in [0, 0.1) is 0 Å². The highest BCUT2D eigenvalue weighted by Crippen LogP contribution is 2.20. The Morgan fingerprint density at radius 3 is 2.62 bits per heavy atom. The second kappa shape index (κ2) is 7.19. The molecular weight excluding hydrogens is 306 g/mol. The molecule has 24 heavy (non-hydrogen) atoms. The molecule has 0 aliphatic carbocycles. The van der Waals surface area contributed by atoms with Crippen LogP contribution in [0.25, 0.3) is 11.3 Å². The first-order valence-corrected chi connectivity index (χ1v) is 7.19. The lowest BCUT2D eigenvalue weighted by Crippen LogP contribution is -2.10. The molecule has 0 aliphatic heterocycles. The minimum Gasteiger partial charge on any atom is -0.497 e. The third-order valence-electron chi connectivity index (χ3n) is 3.22. The predicted octanol–water partition coefficient (Wildman–Crippen LogP) is 2.29. The van der Waals surface area contributed by atoms with Crippen LogP contribution in [0.4, 0.5) is 5.95 Å². The molecule has 2 aromatic heterocycles. The summed E-state index contributed by atoms with van der Waals surface area (Å²) in [7, 11) is 1.60. The average Bonchev–Trinajstić information content (AvgIpc) is 2.62. The topological polar surface area (TPSA) is 92.3 Å². The maximum Gasteiger partial charge on any atom is 0.252 e. The van der Waals surface area contributed by atoms with E-state index in [0.29, 0.717) is 5.69 Å². The summed E-state index contributed by atoms with van der Waals surface area (Å²) < 4.78 is 5.12. The largest absolute Gasteiger partial charge is 0.497 e. The SMILES string of the molecule is COc1ccc(-c2cc(=O)[nH]c(N/N=C\c3ccncc3)n2)cc1. The van der Waals surface area contributed by atoms with Crippen molar-refractivity contribution in [3.8, 4) is 17.0 Å². The summed E-state index contributed by atoms with van der Waals surface area (Å²) in [5.41, 5.74) is 4.69. The molecule has 7 heteroatoms. The lowest BCUT2D eigenvalue weighted by atomic mass is 10.1. The summed E-state index contributed by atoms with van der Waals surface area (Å²) in [6.45, 7) is 0. The van der Waals surface area contributed by atoms with E-state index in [-0.39, 0.29) is 11.5 Å². The molecule has 0 bridgehead atoms. The van der Waals surface area contributed by atoms with Crippen LogP contribution in [0.1, 0.15) is 5.56 Å². The molecule has 0 amide bonds. The maximum absolute atomic E-state index is 11.8. The van der Waals surface area contributed by atoms with Crippen molar-refractivity contribution in [2.75, 3.05) is 12.5 Å². The van der Waals surface area contributed by atoms with E-state index < -0.39 is 0 Å². The number of aromatic amines is 1. The Kier molecular flexibility index (Phi) is 4.62. The van der Waals surface area contributed by atoms with Gasteiger partial charge in [-0.1, -0.05) is 0 Å². The predicted molar refractivity (Wildman–Crippen MR) is 92.3 cm³/mol. The molecule has 7 nitrogen and oxygen atoms in total. The number of anilines is 1. The summed E-state index contributed by atoms with van der Waals surface area (Å²) in [6.07, 6.45) is 4.96. The van der Waals surface area contributed by atoms with Gasteiger partial charge in [-0.25, -0.2) is 10.4 Å². The molecular formula is C17H15N5O2. The Balaban J connectivity index is 1.80. The molecule has 2 heterocycles. The van der Waals surface area contributed by atoms with Crippen LogP contribution in [0.5, 0.6) is 5.75 Å². The van der Waals surface area contributed by atoms with Gasteiger partial charge in [-0.3, -0.25) is 14.8 Å². The Bertz CT molecular complexity index is 889. The van der Waals surface area contributed by atoms with E-state index in [1.165, 1.54) is 6.07 Å². The zero-order chi connectivity index (χ0) is 16.8. The zero-order valence-electron chi connectivity index (χ0n) is 12.9. The minimum absolute atomic E-state index is 0.263. The van der Waals surface area contributed by atoms with Crippen molar-refractivity contribution in [2.45, 2.75) is 0 Å². The number of rotatable bonds is 5. The Hall–Kier alpha value is -3.48. The van der Waals surface area contributed by atoms with Crippen LogP contribution in [0.3, 0.4) is 0 Å². The quantitative estimate of drug-likeness (QED) is 0.555. The van der Waals surface area contributed by atoms with Gasteiger partial charge in [0.25, 0.3) is 5.56 Å². The van der Waals surface area contributed by atoms with Gasteiger partial charge in [0, 0.05) is 24.0 Å². The molecule has 1 aromatic carbocycles. The number of nitrogens with zero attached hydrogens (tertiary/aromatic N) is 3. The van der Waals surface area contributed by atoms with Crippen LogP contribution < -0.4 is 15.7 Å². The van der Waals surface area contributed by atoms with Gasteiger partial charge >= 0.3 is 0 Å². The molecule has 3 aromatic rings. The molecule has 0 unspecified atom stereocenters. The minimum atomic E-state index is -0.266. The summed E-state index contributed by atoms with van der Waals surface area (Å²) in [6, 6.07) is 12.4. The maximum atomic E-state index is 11.8. The van der Waals surface area contributed by atoms with Gasteiger partial charge in [-0.2, -0.15) is 5.10 Å². The number of methoxy groups -OCH3 is 1. The first-order chi connectivity index (χ1) is 11.7. The van der Waals surface area contributed by atoms with Crippen molar-refractivity contribution in [2.24, 2.45) is 5.10 Å². The van der Waals surface area contributed by atoms with E-state index in [0.717, 1.165) is 16.9 Å². The highest BCUT2D eigenvalue weighted by Gasteiger charge is 2.04. The van der Waals surface area contributed by atoms with Crippen LogP contribution in [0.15, 0.2) is 64.8 Å². The molecule has 0 atom stereocenters. The summed E-state index contributed by atoms with van der Waals surface area (Å²) in [5, 5.41) is 4.06. The molecule has 0 fully saturated rings. The normalized spacial score (nSPS) is 10.7. The number of benzene rings is 1. The molecule has 2 N–H and O–H groups in total. The van der Waals surface area contributed by atoms with E-state index in [1.54, 1.807) is 25.7 Å². The van der Waals surface area contributed by atoms with Gasteiger partial charge in [0.2, 0.25) is 5.95 Å². The summed E-state index contributed by atoms with van der Waals surface area (Å²) in [4.78, 5) is 22.7. The lowest BCUT2D eigenvalue weighted by molar-refractivity contribution is 0.415. The number of aromatic nitrogens is 3. The molecule has 0 spiro atoms. The first kappa shape index (κ1) is 15.4. The van der Waals surface area contributed by atoms with Crippen LogP contribution in [-0.2, 0) is 0 Å². The number of nitrogens with one attached hydrogen (secondary N) is 2. The van der Waals surface area contributed by atoms with Gasteiger partial charge in [0.1, 0.15) is 5.75 Å². The van der Waals surface area contributed by atoms with Gasteiger partial charge in [0.15, 0.2) is 0 Å². The van der Waals surface area contributed by atoms with Crippen molar-refractivity contribution in [1.29, 1.82) is 0 Å². The fraction of sp³-hybridized carbons (Fsp3) is 0.0588. The second-order valence-electron chi connectivity index (χ2n) is 4.86. The van der Waals surface area contributed by atoms with Crippen LogP contribution in [0.2, 0.25) is 0 Å². The third kappa shape index (κ3) is 3.83. The lowest BCUT2D eigenvalue weighted by Gasteiger charge is -2.05.